The SMILES string of the molecule is C#CCN(Cc1ncc(-c2ccccc2)[nH]1)C(=O)CCCCCN1C(=O)C=CC1=O. The maximum Gasteiger partial charge on any atom is 0.253 e. The van der Waals surface area contributed by atoms with Gasteiger partial charge in [-0.15, -0.1) is 6.42 Å². The number of H-pyrrole nitrogens is 1. The summed E-state index contributed by atoms with van der Waals surface area (Å²) in [6, 6.07) is 9.83. The predicted octanol–water partition coefficient (Wildman–Crippen LogP) is 2.52. The Morgan fingerprint density at radius 2 is 1.83 bits per heavy atom. The second-order valence-electron chi connectivity index (χ2n) is 7.04. The highest BCUT2D eigenvalue weighted by atomic mass is 16.2. The molecule has 2 aromatic rings. The number of imide groups is 1. The molecule has 1 aromatic carbocycles. The zero-order valence-corrected chi connectivity index (χ0v) is 16.7. The monoisotopic (exact) mass is 404 g/mol. The highest BCUT2D eigenvalue weighted by Gasteiger charge is 2.22. The quantitative estimate of drug-likeness (QED) is 0.375. The van der Waals surface area contributed by atoms with Gasteiger partial charge in [0.15, 0.2) is 0 Å². The van der Waals surface area contributed by atoms with Crippen molar-refractivity contribution < 1.29 is 14.4 Å². The molecule has 0 saturated carbocycles. The summed E-state index contributed by atoms with van der Waals surface area (Å²) in [6.07, 6.45) is 12.2. The number of amides is 3. The molecular formula is C23H24N4O3. The lowest BCUT2D eigenvalue weighted by atomic mass is 10.1. The number of rotatable bonds is 10. The lowest BCUT2D eigenvalue weighted by Gasteiger charge is -2.19. The number of terminal acetylenes is 1. The van der Waals surface area contributed by atoms with E-state index >= 15 is 0 Å². The Kier molecular flexibility index (Phi) is 7.17. The van der Waals surface area contributed by atoms with Crippen LogP contribution in [0, 0.1) is 12.3 Å². The van der Waals surface area contributed by atoms with Crippen molar-refractivity contribution in [2.45, 2.75) is 32.2 Å². The molecule has 0 radical (unpaired) electrons. The third-order valence-corrected chi connectivity index (χ3v) is 4.86. The molecule has 1 aliphatic rings. The van der Waals surface area contributed by atoms with E-state index in [9.17, 15) is 14.4 Å². The van der Waals surface area contributed by atoms with E-state index in [4.69, 9.17) is 6.42 Å². The second kappa shape index (κ2) is 10.2. The molecule has 0 fully saturated rings. The maximum atomic E-state index is 12.6. The van der Waals surface area contributed by atoms with Crippen molar-refractivity contribution in [3.63, 3.8) is 0 Å². The Morgan fingerprint density at radius 3 is 2.53 bits per heavy atom. The van der Waals surface area contributed by atoms with Crippen LogP contribution in [0.2, 0.25) is 0 Å². The van der Waals surface area contributed by atoms with Crippen LogP contribution in [0.4, 0.5) is 0 Å². The van der Waals surface area contributed by atoms with Gasteiger partial charge in [0.1, 0.15) is 5.82 Å². The van der Waals surface area contributed by atoms with Crippen LogP contribution in [0.1, 0.15) is 31.5 Å². The summed E-state index contributed by atoms with van der Waals surface area (Å²) in [5, 5.41) is 0. The second-order valence-corrected chi connectivity index (χ2v) is 7.04. The van der Waals surface area contributed by atoms with E-state index in [-0.39, 0.29) is 24.3 Å². The summed E-state index contributed by atoms with van der Waals surface area (Å²) in [6.45, 7) is 0.905. The zero-order chi connectivity index (χ0) is 21.3. The fraction of sp³-hybridized carbons (Fsp3) is 0.304. The van der Waals surface area contributed by atoms with Gasteiger partial charge in [0, 0.05) is 25.1 Å². The number of aromatic amines is 1. The summed E-state index contributed by atoms with van der Waals surface area (Å²) >= 11 is 0. The fourth-order valence-corrected chi connectivity index (χ4v) is 3.26. The van der Waals surface area contributed by atoms with Crippen LogP contribution in [-0.4, -0.2) is 50.6 Å². The molecule has 0 saturated heterocycles. The average Bonchev–Trinajstić information content (AvgIpc) is 3.35. The maximum absolute atomic E-state index is 12.6. The Balaban J connectivity index is 1.46. The molecule has 0 atom stereocenters. The zero-order valence-electron chi connectivity index (χ0n) is 16.7. The molecule has 2 heterocycles. The van der Waals surface area contributed by atoms with E-state index in [1.54, 1.807) is 11.1 Å². The van der Waals surface area contributed by atoms with Crippen molar-refractivity contribution in [2.75, 3.05) is 13.1 Å². The van der Waals surface area contributed by atoms with Crippen LogP contribution >= 0.6 is 0 Å². The number of imidazole rings is 1. The molecule has 30 heavy (non-hydrogen) atoms. The summed E-state index contributed by atoms with van der Waals surface area (Å²) < 4.78 is 0. The van der Waals surface area contributed by atoms with Crippen LogP contribution in [0.15, 0.2) is 48.7 Å². The Morgan fingerprint density at radius 1 is 1.10 bits per heavy atom. The van der Waals surface area contributed by atoms with Gasteiger partial charge in [-0.05, 0) is 18.4 Å². The van der Waals surface area contributed by atoms with Crippen LogP contribution in [0.5, 0.6) is 0 Å². The summed E-state index contributed by atoms with van der Waals surface area (Å²) in [7, 11) is 0. The van der Waals surface area contributed by atoms with E-state index in [1.165, 1.54) is 17.1 Å². The molecule has 7 nitrogen and oxygen atoms in total. The average molecular weight is 404 g/mol. The van der Waals surface area contributed by atoms with Crippen molar-refractivity contribution in [3.05, 3.63) is 54.5 Å². The number of nitrogens with one attached hydrogen (secondary N) is 1. The van der Waals surface area contributed by atoms with Crippen LogP contribution in [0.3, 0.4) is 0 Å². The Bertz CT molecular complexity index is 954. The molecule has 0 spiro atoms. The molecule has 1 aliphatic heterocycles. The van der Waals surface area contributed by atoms with Crippen molar-refractivity contribution in [3.8, 4) is 23.6 Å². The van der Waals surface area contributed by atoms with Gasteiger partial charge in [-0.3, -0.25) is 19.3 Å². The highest BCUT2D eigenvalue weighted by molar-refractivity contribution is 6.12. The van der Waals surface area contributed by atoms with Gasteiger partial charge in [0.25, 0.3) is 11.8 Å². The predicted molar refractivity (Wildman–Crippen MR) is 113 cm³/mol. The van der Waals surface area contributed by atoms with Gasteiger partial charge < -0.3 is 9.88 Å². The van der Waals surface area contributed by atoms with Gasteiger partial charge in [-0.25, -0.2) is 4.98 Å². The number of hydrogen-bond acceptors (Lipinski definition) is 4. The van der Waals surface area contributed by atoms with E-state index in [0.29, 0.717) is 38.2 Å². The Labute approximate surface area is 175 Å². The number of carbonyl (C=O) groups is 3. The first-order valence-electron chi connectivity index (χ1n) is 9.92. The largest absolute Gasteiger partial charge is 0.341 e. The molecule has 0 aliphatic carbocycles. The van der Waals surface area contributed by atoms with Crippen molar-refractivity contribution in [2.24, 2.45) is 0 Å². The van der Waals surface area contributed by atoms with Crippen molar-refractivity contribution >= 4 is 17.7 Å². The minimum atomic E-state index is -0.274. The van der Waals surface area contributed by atoms with Crippen molar-refractivity contribution in [1.29, 1.82) is 0 Å². The minimum Gasteiger partial charge on any atom is -0.341 e. The summed E-state index contributed by atoms with van der Waals surface area (Å²) in [4.78, 5) is 46.1. The number of benzene rings is 1. The fourth-order valence-electron chi connectivity index (χ4n) is 3.26. The molecule has 3 rings (SSSR count). The van der Waals surface area contributed by atoms with Gasteiger partial charge in [-0.1, -0.05) is 42.7 Å². The number of carbonyl (C=O) groups excluding carboxylic acids is 3. The highest BCUT2D eigenvalue weighted by Crippen LogP contribution is 2.17. The normalized spacial score (nSPS) is 13.0. The smallest absolute Gasteiger partial charge is 0.253 e. The molecule has 0 unspecified atom stereocenters. The first-order chi connectivity index (χ1) is 14.6. The lowest BCUT2D eigenvalue weighted by molar-refractivity contribution is -0.137. The minimum absolute atomic E-state index is 0.0411. The van der Waals surface area contributed by atoms with E-state index < -0.39 is 0 Å². The molecule has 1 N–H and O–H groups in total. The third kappa shape index (κ3) is 5.45. The molecule has 0 bridgehead atoms. The van der Waals surface area contributed by atoms with Crippen LogP contribution in [-0.2, 0) is 20.9 Å². The molecule has 7 heteroatoms. The topological polar surface area (TPSA) is 86.4 Å². The number of hydrogen-bond donors (Lipinski definition) is 1. The first-order valence-corrected chi connectivity index (χ1v) is 9.92. The van der Waals surface area contributed by atoms with Crippen molar-refractivity contribution in [1.82, 2.24) is 19.8 Å². The van der Waals surface area contributed by atoms with E-state index in [0.717, 1.165) is 17.7 Å². The van der Waals surface area contributed by atoms with Crippen LogP contribution in [0.25, 0.3) is 11.3 Å². The van der Waals surface area contributed by atoms with E-state index in [2.05, 4.69) is 15.9 Å². The number of unbranched alkanes of at least 4 members (excludes halogenated alkanes) is 2. The first kappa shape index (κ1) is 21.1. The van der Waals surface area contributed by atoms with Gasteiger partial charge in [-0.2, -0.15) is 0 Å². The standard InChI is InChI=1S/C23H24N4O3/c1-2-14-26(17-20-24-16-19(25-20)18-9-5-3-6-10-18)21(28)11-7-4-8-15-27-22(29)12-13-23(27)30/h1,3,5-6,9-10,12-13,16H,4,7-8,11,14-15,17H2,(H,24,25). The van der Waals surface area contributed by atoms with E-state index in [1.807, 2.05) is 30.3 Å². The Hall–Kier alpha value is -3.66. The van der Waals surface area contributed by atoms with Gasteiger partial charge in [0.05, 0.1) is 25.0 Å². The summed E-state index contributed by atoms with van der Waals surface area (Å²) in [5.74, 6) is 2.62. The van der Waals surface area contributed by atoms with Gasteiger partial charge >= 0.3 is 0 Å². The number of nitrogens with zero attached hydrogens (tertiary/aromatic N) is 3. The molecule has 3 amide bonds. The van der Waals surface area contributed by atoms with Gasteiger partial charge in [0.2, 0.25) is 5.91 Å². The molecule has 154 valence electrons. The summed E-state index contributed by atoms with van der Waals surface area (Å²) in [5.41, 5.74) is 1.91. The number of aromatic nitrogens is 2. The third-order valence-electron chi connectivity index (χ3n) is 4.86. The van der Waals surface area contributed by atoms with Crippen LogP contribution < -0.4 is 0 Å². The molecular weight excluding hydrogens is 380 g/mol. The lowest BCUT2D eigenvalue weighted by Crippen LogP contribution is -2.31. The molecule has 1 aromatic heterocycles.